The molecule has 9 heteroatoms. The lowest BCUT2D eigenvalue weighted by Crippen LogP contribution is -2.46. The SMILES string of the molecule is O=P(O)(Cl)ON1CCN(c2ncccn2)CC1. The van der Waals surface area contributed by atoms with Crippen molar-refractivity contribution in [3.05, 3.63) is 18.5 Å². The summed E-state index contributed by atoms with van der Waals surface area (Å²) in [6.45, 7) is -1.82. The van der Waals surface area contributed by atoms with Crippen LogP contribution < -0.4 is 4.90 Å². The number of nitrogens with zero attached hydrogens (tertiary/aromatic N) is 4. The van der Waals surface area contributed by atoms with Crippen LogP contribution in [0.1, 0.15) is 0 Å². The van der Waals surface area contributed by atoms with E-state index in [1.807, 2.05) is 4.90 Å². The predicted octanol–water partition coefficient (Wildman–Crippen LogP) is 0.869. The van der Waals surface area contributed by atoms with Crippen molar-refractivity contribution in [2.45, 2.75) is 0 Å². The fourth-order valence-electron chi connectivity index (χ4n) is 1.57. The van der Waals surface area contributed by atoms with Gasteiger partial charge in [-0.1, -0.05) is 0 Å². The van der Waals surface area contributed by atoms with Gasteiger partial charge in [0, 0.05) is 49.8 Å². The van der Waals surface area contributed by atoms with Crippen LogP contribution >= 0.6 is 18.2 Å². The highest BCUT2D eigenvalue weighted by Gasteiger charge is 2.25. The lowest BCUT2D eigenvalue weighted by atomic mass is 10.4. The van der Waals surface area contributed by atoms with Crippen molar-refractivity contribution in [3.63, 3.8) is 0 Å². The summed E-state index contributed by atoms with van der Waals surface area (Å²) in [6.07, 6.45) is 3.35. The van der Waals surface area contributed by atoms with Crippen LogP contribution in [0.2, 0.25) is 0 Å². The molecule has 17 heavy (non-hydrogen) atoms. The summed E-state index contributed by atoms with van der Waals surface area (Å²) < 4.78 is 15.6. The Hall–Kier alpha value is -0.720. The summed E-state index contributed by atoms with van der Waals surface area (Å²) in [4.78, 5) is 19.1. The largest absolute Gasteiger partial charge is 0.438 e. The summed E-state index contributed by atoms with van der Waals surface area (Å²) in [5, 5.41) is 1.38. The van der Waals surface area contributed by atoms with Crippen LogP contribution in [0, 0.1) is 0 Å². The quantitative estimate of drug-likeness (QED) is 0.822. The smallest absolute Gasteiger partial charge is 0.338 e. The lowest BCUT2D eigenvalue weighted by Gasteiger charge is -2.33. The molecular weight excluding hydrogens is 267 g/mol. The number of piperazine rings is 1. The van der Waals surface area contributed by atoms with E-state index in [1.54, 1.807) is 18.5 Å². The number of anilines is 1. The highest BCUT2D eigenvalue weighted by atomic mass is 35.7. The van der Waals surface area contributed by atoms with Crippen LogP contribution in [0.4, 0.5) is 5.95 Å². The molecule has 0 radical (unpaired) electrons. The molecule has 1 aliphatic heterocycles. The van der Waals surface area contributed by atoms with Gasteiger partial charge in [0.05, 0.1) is 0 Å². The second-order valence-corrected chi connectivity index (χ2v) is 5.85. The molecule has 1 aliphatic rings. The average Bonchev–Trinajstić information content (AvgIpc) is 2.29. The van der Waals surface area contributed by atoms with Crippen molar-refractivity contribution in [2.24, 2.45) is 0 Å². The van der Waals surface area contributed by atoms with Crippen LogP contribution in [0.5, 0.6) is 0 Å². The molecule has 1 unspecified atom stereocenters. The zero-order chi connectivity index (χ0) is 12.3. The Morgan fingerprint density at radius 1 is 1.29 bits per heavy atom. The molecule has 1 aromatic heterocycles. The average molecular weight is 279 g/mol. The van der Waals surface area contributed by atoms with Crippen molar-refractivity contribution in [2.75, 3.05) is 31.1 Å². The maximum absolute atomic E-state index is 10.9. The van der Waals surface area contributed by atoms with Crippen molar-refractivity contribution in [1.29, 1.82) is 0 Å². The van der Waals surface area contributed by atoms with Gasteiger partial charge >= 0.3 is 6.95 Å². The third-order valence-corrected chi connectivity index (χ3v) is 2.91. The minimum atomic E-state index is -3.98. The molecule has 94 valence electrons. The van der Waals surface area contributed by atoms with Gasteiger partial charge in [-0.2, -0.15) is 5.06 Å². The Kier molecular flexibility index (Phi) is 3.96. The van der Waals surface area contributed by atoms with E-state index in [2.05, 4.69) is 9.97 Å². The normalized spacial score (nSPS) is 21.2. The molecule has 1 fully saturated rings. The van der Waals surface area contributed by atoms with E-state index in [0.717, 1.165) is 0 Å². The number of hydrogen-bond donors (Lipinski definition) is 1. The van der Waals surface area contributed by atoms with Gasteiger partial charge in [-0.05, 0) is 6.07 Å². The summed E-state index contributed by atoms with van der Waals surface area (Å²) in [5.74, 6) is 0.644. The standard InChI is InChI=1S/C8H12ClN4O3P/c9-17(14,15)16-13-6-4-12(5-7-13)8-10-2-1-3-11-8/h1-3H,4-7H2,(H,14,15). The molecule has 7 nitrogen and oxygen atoms in total. The molecule has 0 aromatic carbocycles. The molecule has 0 aliphatic carbocycles. The van der Waals surface area contributed by atoms with Crippen molar-refractivity contribution in [1.82, 2.24) is 15.0 Å². The third kappa shape index (κ3) is 3.90. The van der Waals surface area contributed by atoms with Gasteiger partial charge in [-0.3, -0.25) is 0 Å². The van der Waals surface area contributed by atoms with Crippen LogP contribution in [0.15, 0.2) is 18.5 Å². The number of hydroxylamine groups is 2. The number of hydrogen-bond acceptors (Lipinski definition) is 6. The van der Waals surface area contributed by atoms with E-state index in [4.69, 9.17) is 20.8 Å². The molecular formula is C8H12ClN4O3P. The molecule has 0 amide bonds. The number of rotatable bonds is 3. The zero-order valence-corrected chi connectivity index (χ0v) is 10.6. The predicted molar refractivity (Wildman–Crippen MR) is 62.6 cm³/mol. The highest BCUT2D eigenvalue weighted by molar-refractivity contribution is 7.80. The maximum Gasteiger partial charge on any atom is 0.438 e. The van der Waals surface area contributed by atoms with E-state index < -0.39 is 6.95 Å². The highest BCUT2D eigenvalue weighted by Crippen LogP contribution is 2.48. The second-order valence-electron chi connectivity index (χ2n) is 3.50. The van der Waals surface area contributed by atoms with E-state index in [1.165, 1.54) is 5.06 Å². The van der Waals surface area contributed by atoms with Gasteiger partial charge < -0.3 is 9.79 Å². The molecule has 0 saturated carbocycles. The van der Waals surface area contributed by atoms with E-state index >= 15 is 0 Å². The first kappa shape index (κ1) is 12.7. The molecule has 1 aromatic rings. The van der Waals surface area contributed by atoms with Crippen LogP contribution in [0.3, 0.4) is 0 Å². The Balaban J connectivity index is 1.89. The Labute approximate surface area is 103 Å². The van der Waals surface area contributed by atoms with E-state index in [-0.39, 0.29) is 0 Å². The van der Waals surface area contributed by atoms with Gasteiger partial charge in [-0.15, -0.1) is 0 Å². The first-order valence-electron chi connectivity index (χ1n) is 5.04. The summed E-state index contributed by atoms with van der Waals surface area (Å²) in [6, 6.07) is 1.75. The second kappa shape index (κ2) is 5.29. The monoisotopic (exact) mass is 278 g/mol. The van der Waals surface area contributed by atoms with Crippen molar-refractivity contribution in [3.8, 4) is 0 Å². The van der Waals surface area contributed by atoms with E-state index in [0.29, 0.717) is 32.1 Å². The van der Waals surface area contributed by atoms with Gasteiger partial charge in [0.15, 0.2) is 0 Å². The molecule has 1 atom stereocenters. The number of halogens is 1. The maximum atomic E-state index is 10.9. The summed E-state index contributed by atoms with van der Waals surface area (Å²) >= 11 is 5.13. The minimum Gasteiger partial charge on any atom is -0.338 e. The van der Waals surface area contributed by atoms with Gasteiger partial charge in [0.2, 0.25) is 5.95 Å². The van der Waals surface area contributed by atoms with Gasteiger partial charge in [0.25, 0.3) is 0 Å². The van der Waals surface area contributed by atoms with Crippen molar-refractivity contribution >= 4 is 24.1 Å². The first-order valence-corrected chi connectivity index (χ1v) is 7.52. The Bertz CT molecular complexity index is 406. The van der Waals surface area contributed by atoms with Gasteiger partial charge in [-0.25, -0.2) is 19.2 Å². The first-order chi connectivity index (χ1) is 8.04. The minimum absolute atomic E-state index is 0.468. The lowest BCUT2D eigenvalue weighted by molar-refractivity contribution is -0.0661. The molecule has 2 heterocycles. The Morgan fingerprint density at radius 3 is 2.41 bits per heavy atom. The zero-order valence-electron chi connectivity index (χ0n) is 8.94. The molecule has 2 rings (SSSR count). The van der Waals surface area contributed by atoms with Crippen LogP contribution in [-0.2, 0) is 9.19 Å². The van der Waals surface area contributed by atoms with E-state index in [9.17, 15) is 4.57 Å². The summed E-state index contributed by atoms with van der Waals surface area (Å²) in [7, 11) is 0. The fraction of sp³-hybridized carbons (Fsp3) is 0.500. The molecule has 0 bridgehead atoms. The summed E-state index contributed by atoms with van der Waals surface area (Å²) in [5.41, 5.74) is 0. The van der Waals surface area contributed by atoms with Crippen LogP contribution in [0.25, 0.3) is 0 Å². The Morgan fingerprint density at radius 2 is 1.88 bits per heavy atom. The van der Waals surface area contributed by atoms with Crippen LogP contribution in [-0.4, -0.2) is 46.1 Å². The topological polar surface area (TPSA) is 78.8 Å². The molecule has 1 saturated heterocycles. The fourth-order valence-corrected chi connectivity index (χ4v) is 2.28. The van der Waals surface area contributed by atoms with Crippen molar-refractivity contribution < 1.29 is 14.1 Å². The number of aromatic nitrogens is 2. The van der Waals surface area contributed by atoms with Gasteiger partial charge in [0.1, 0.15) is 0 Å². The molecule has 1 N–H and O–H groups in total. The molecule has 0 spiro atoms. The third-order valence-electron chi connectivity index (χ3n) is 2.29.